The maximum atomic E-state index is 5.48. The van der Waals surface area contributed by atoms with E-state index in [1.807, 2.05) is 0 Å². The van der Waals surface area contributed by atoms with Gasteiger partial charge in [0, 0.05) is 26.2 Å². The lowest BCUT2D eigenvalue weighted by molar-refractivity contribution is 0.0889. The van der Waals surface area contributed by atoms with Crippen LogP contribution < -0.4 is 11.1 Å². The Labute approximate surface area is 100 Å². The van der Waals surface area contributed by atoms with Gasteiger partial charge in [-0.1, -0.05) is 6.92 Å². The Morgan fingerprint density at radius 3 is 2.50 bits per heavy atom. The fourth-order valence-electron chi connectivity index (χ4n) is 2.23. The van der Waals surface area contributed by atoms with Crippen molar-refractivity contribution in [3.05, 3.63) is 0 Å². The van der Waals surface area contributed by atoms with Crippen molar-refractivity contribution in [3.8, 4) is 0 Å². The third kappa shape index (κ3) is 4.78. The number of piperazine rings is 1. The van der Waals surface area contributed by atoms with Gasteiger partial charge in [-0.2, -0.15) is 0 Å². The third-order valence-corrected chi connectivity index (χ3v) is 3.32. The molecule has 96 valence electrons. The van der Waals surface area contributed by atoms with E-state index in [1.54, 1.807) is 0 Å². The number of rotatable bonds is 7. The summed E-state index contributed by atoms with van der Waals surface area (Å²) in [6.45, 7) is 12.4. The molecule has 1 aliphatic heterocycles. The Hall–Kier alpha value is -0.160. The van der Waals surface area contributed by atoms with Crippen molar-refractivity contribution in [3.63, 3.8) is 0 Å². The fraction of sp³-hybridized carbons (Fsp3) is 1.00. The second kappa shape index (κ2) is 8.01. The highest BCUT2D eigenvalue weighted by atomic mass is 15.3. The van der Waals surface area contributed by atoms with Gasteiger partial charge >= 0.3 is 0 Å². The number of nitrogens with two attached hydrogens (primary N) is 1. The minimum atomic E-state index is 0.496. The Kier molecular flexibility index (Phi) is 6.96. The second-order valence-electron chi connectivity index (χ2n) is 4.65. The predicted octanol–water partition coefficient (Wildman–Crippen LogP) is 0.298. The van der Waals surface area contributed by atoms with Crippen molar-refractivity contribution in [1.29, 1.82) is 0 Å². The number of nitrogens with zero attached hydrogens (tertiary/aromatic N) is 2. The van der Waals surface area contributed by atoms with E-state index in [2.05, 4.69) is 29.0 Å². The van der Waals surface area contributed by atoms with Crippen LogP contribution in [0.25, 0.3) is 0 Å². The van der Waals surface area contributed by atoms with Crippen molar-refractivity contribution in [2.75, 3.05) is 45.8 Å². The summed E-state index contributed by atoms with van der Waals surface area (Å²) < 4.78 is 0. The SMILES string of the molecule is CCCN1CCN([C@@H](C)NCCCN)CC1. The molecule has 0 aliphatic carbocycles. The Morgan fingerprint density at radius 1 is 1.25 bits per heavy atom. The molecule has 0 aromatic rings. The van der Waals surface area contributed by atoms with E-state index in [1.165, 1.54) is 39.1 Å². The van der Waals surface area contributed by atoms with Crippen molar-refractivity contribution >= 4 is 0 Å². The second-order valence-corrected chi connectivity index (χ2v) is 4.65. The highest BCUT2D eigenvalue weighted by molar-refractivity contribution is 4.74. The molecule has 0 radical (unpaired) electrons. The largest absolute Gasteiger partial charge is 0.330 e. The highest BCUT2D eigenvalue weighted by Crippen LogP contribution is 2.05. The van der Waals surface area contributed by atoms with Gasteiger partial charge in [0.05, 0.1) is 6.17 Å². The first kappa shape index (κ1) is 13.9. The fourth-order valence-corrected chi connectivity index (χ4v) is 2.23. The van der Waals surface area contributed by atoms with E-state index in [0.29, 0.717) is 6.17 Å². The summed E-state index contributed by atoms with van der Waals surface area (Å²) in [5, 5.41) is 3.53. The average Bonchev–Trinajstić information content (AvgIpc) is 2.30. The molecule has 0 amide bonds. The smallest absolute Gasteiger partial charge is 0.0568 e. The van der Waals surface area contributed by atoms with Gasteiger partial charge in [0.1, 0.15) is 0 Å². The number of hydrogen-bond donors (Lipinski definition) is 2. The topological polar surface area (TPSA) is 44.5 Å². The van der Waals surface area contributed by atoms with Gasteiger partial charge < -0.3 is 16.0 Å². The first-order valence-corrected chi connectivity index (χ1v) is 6.67. The van der Waals surface area contributed by atoms with Crippen molar-refractivity contribution < 1.29 is 0 Å². The number of nitrogens with one attached hydrogen (secondary N) is 1. The molecule has 1 aliphatic rings. The normalized spacial score (nSPS) is 21.2. The molecule has 1 fully saturated rings. The zero-order valence-electron chi connectivity index (χ0n) is 10.9. The van der Waals surface area contributed by atoms with E-state index >= 15 is 0 Å². The molecule has 1 saturated heterocycles. The van der Waals surface area contributed by atoms with Crippen LogP contribution in [0.3, 0.4) is 0 Å². The van der Waals surface area contributed by atoms with Gasteiger partial charge in [0.25, 0.3) is 0 Å². The zero-order chi connectivity index (χ0) is 11.8. The van der Waals surface area contributed by atoms with Gasteiger partial charge in [-0.15, -0.1) is 0 Å². The number of hydrogen-bond acceptors (Lipinski definition) is 4. The van der Waals surface area contributed by atoms with Crippen LogP contribution in [0.1, 0.15) is 26.7 Å². The molecule has 1 rings (SSSR count). The van der Waals surface area contributed by atoms with Crippen LogP contribution in [-0.2, 0) is 0 Å². The minimum Gasteiger partial charge on any atom is -0.330 e. The van der Waals surface area contributed by atoms with Crippen LogP contribution in [0.2, 0.25) is 0 Å². The summed E-state index contributed by atoms with van der Waals surface area (Å²) in [5.74, 6) is 0. The van der Waals surface area contributed by atoms with Crippen LogP contribution in [0.15, 0.2) is 0 Å². The average molecular weight is 228 g/mol. The lowest BCUT2D eigenvalue weighted by atomic mass is 10.2. The summed E-state index contributed by atoms with van der Waals surface area (Å²) >= 11 is 0. The van der Waals surface area contributed by atoms with Gasteiger partial charge in [-0.25, -0.2) is 0 Å². The van der Waals surface area contributed by atoms with Crippen LogP contribution in [-0.4, -0.2) is 61.8 Å². The highest BCUT2D eigenvalue weighted by Gasteiger charge is 2.19. The Balaban J connectivity index is 2.14. The standard InChI is InChI=1S/C12H28N4/c1-3-7-15-8-10-16(11-9-15)12(2)14-6-4-5-13/h12,14H,3-11,13H2,1-2H3/t12-/m0/s1. The molecule has 16 heavy (non-hydrogen) atoms. The van der Waals surface area contributed by atoms with E-state index < -0.39 is 0 Å². The zero-order valence-corrected chi connectivity index (χ0v) is 10.9. The van der Waals surface area contributed by atoms with Crippen LogP contribution >= 0.6 is 0 Å². The predicted molar refractivity (Wildman–Crippen MR) is 69.4 cm³/mol. The van der Waals surface area contributed by atoms with Crippen molar-refractivity contribution in [2.24, 2.45) is 5.73 Å². The molecule has 0 unspecified atom stereocenters. The van der Waals surface area contributed by atoms with Crippen molar-refractivity contribution in [2.45, 2.75) is 32.9 Å². The summed E-state index contributed by atoms with van der Waals surface area (Å²) in [7, 11) is 0. The lowest BCUT2D eigenvalue weighted by Crippen LogP contribution is -2.53. The van der Waals surface area contributed by atoms with E-state index in [9.17, 15) is 0 Å². The maximum Gasteiger partial charge on any atom is 0.0568 e. The van der Waals surface area contributed by atoms with Crippen LogP contribution in [0, 0.1) is 0 Å². The third-order valence-electron chi connectivity index (χ3n) is 3.32. The molecule has 0 saturated carbocycles. The molecule has 0 bridgehead atoms. The quantitative estimate of drug-likeness (QED) is 0.615. The van der Waals surface area contributed by atoms with E-state index in [-0.39, 0.29) is 0 Å². The summed E-state index contributed by atoms with van der Waals surface area (Å²) in [6, 6.07) is 0. The molecular weight excluding hydrogens is 200 g/mol. The summed E-state index contributed by atoms with van der Waals surface area (Å²) in [4.78, 5) is 5.09. The summed E-state index contributed by atoms with van der Waals surface area (Å²) in [5.41, 5.74) is 5.48. The molecular formula is C12H28N4. The van der Waals surface area contributed by atoms with Crippen LogP contribution in [0.4, 0.5) is 0 Å². The molecule has 0 spiro atoms. The monoisotopic (exact) mass is 228 g/mol. The Bertz CT molecular complexity index is 166. The maximum absolute atomic E-state index is 5.48. The first-order valence-electron chi connectivity index (χ1n) is 6.67. The van der Waals surface area contributed by atoms with E-state index in [4.69, 9.17) is 5.73 Å². The Morgan fingerprint density at radius 2 is 1.94 bits per heavy atom. The summed E-state index contributed by atoms with van der Waals surface area (Å²) in [6.07, 6.45) is 2.83. The molecule has 1 atom stereocenters. The van der Waals surface area contributed by atoms with Gasteiger partial charge in [-0.05, 0) is 39.4 Å². The van der Waals surface area contributed by atoms with Crippen molar-refractivity contribution in [1.82, 2.24) is 15.1 Å². The lowest BCUT2D eigenvalue weighted by Gasteiger charge is -2.38. The molecule has 3 N–H and O–H groups in total. The minimum absolute atomic E-state index is 0.496. The molecule has 1 heterocycles. The molecule has 4 nitrogen and oxygen atoms in total. The molecule has 0 aromatic carbocycles. The van der Waals surface area contributed by atoms with Crippen LogP contribution in [0.5, 0.6) is 0 Å². The van der Waals surface area contributed by atoms with Gasteiger partial charge in [0.15, 0.2) is 0 Å². The molecule has 0 aromatic heterocycles. The first-order chi connectivity index (χ1) is 7.77. The van der Waals surface area contributed by atoms with E-state index in [0.717, 1.165) is 19.5 Å². The van der Waals surface area contributed by atoms with Gasteiger partial charge in [-0.3, -0.25) is 4.90 Å². The molecule has 4 heteroatoms. The van der Waals surface area contributed by atoms with Gasteiger partial charge in [0.2, 0.25) is 0 Å².